The predicted molar refractivity (Wildman–Crippen MR) is 126 cm³/mol. The lowest BCUT2D eigenvalue weighted by Gasteiger charge is -2.20. The second-order valence-electron chi connectivity index (χ2n) is 7.83. The first kappa shape index (κ1) is 24.2. The fourth-order valence-corrected chi connectivity index (χ4v) is 3.57. The predicted octanol–water partition coefficient (Wildman–Crippen LogP) is 2.79. The van der Waals surface area contributed by atoms with Gasteiger partial charge < -0.3 is 25.1 Å². The minimum absolute atomic E-state index is 0.0106. The topological polar surface area (TPSA) is 125 Å². The van der Waals surface area contributed by atoms with Crippen molar-refractivity contribution in [3.05, 3.63) is 69.1 Å². The highest BCUT2D eigenvalue weighted by Gasteiger charge is 2.20. The van der Waals surface area contributed by atoms with Crippen molar-refractivity contribution >= 4 is 23.0 Å². The molecule has 3 aromatic rings. The largest absolute Gasteiger partial charge is 0.467 e. The normalized spacial score (nSPS) is 10.9. The molecule has 3 N–H and O–H groups in total. The Balaban J connectivity index is 1.30. The summed E-state index contributed by atoms with van der Waals surface area (Å²) in [4.78, 5) is 41.7. The summed E-state index contributed by atoms with van der Waals surface area (Å²) < 4.78 is 5.29. The quantitative estimate of drug-likeness (QED) is 0.236. The molecule has 1 amide bonds. The highest BCUT2D eigenvalue weighted by molar-refractivity contribution is 5.78. The van der Waals surface area contributed by atoms with E-state index in [4.69, 9.17) is 4.42 Å². The van der Waals surface area contributed by atoms with Gasteiger partial charge in [-0.25, -0.2) is 0 Å². The molecular formula is C24H30N4O5. The number of aliphatic hydroxyl groups is 1. The average molecular weight is 455 g/mol. The molecule has 0 bridgehead atoms. The van der Waals surface area contributed by atoms with E-state index >= 15 is 0 Å². The molecule has 0 saturated heterocycles. The smallest absolute Gasteiger partial charge is 0.253 e. The number of hydrogen-bond acceptors (Lipinski definition) is 8. The molecule has 2 aromatic heterocycles. The first-order valence-electron chi connectivity index (χ1n) is 11.3. The van der Waals surface area contributed by atoms with Crippen LogP contribution in [0.25, 0.3) is 0 Å². The summed E-state index contributed by atoms with van der Waals surface area (Å²) in [6.45, 7) is 1.18. The summed E-state index contributed by atoms with van der Waals surface area (Å²) in [6.07, 6.45) is 9.72. The van der Waals surface area contributed by atoms with Gasteiger partial charge in [0.1, 0.15) is 17.1 Å². The van der Waals surface area contributed by atoms with Gasteiger partial charge in [-0.05, 0) is 37.1 Å². The highest BCUT2D eigenvalue weighted by Crippen LogP contribution is 2.20. The van der Waals surface area contributed by atoms with Crippen LogP contribution in [0.3, 0.4) is 0 Å². The molecule has 0 spiro atoms. The third-order valence-corrected chi connectivity index (χ3v) is 5.38. The number of rotatable bonds is 15. The van der Waals surface area contributed by atoms with Crippen LogP contribution < -0.4 is 21.5 Å². The Kier molecular flexibility index (Phi) is 9.19. The van der Waals surface area contributed by atoms with Gasteiger partial charge in [-0.3, -0.25) is 19.4 Å². The Morgan fingerprint density at radius 3 is 2.45 bits per heavy atom. The monoisotopic (exact) mass is 454 g/mol. The molecule has 0 fully saturated rings. The number of carbonyl (C=O) groups is 1. The highest BCUT2D eigenvalue weighted by atomic mass is 16.3. The first-order chi connectivity index (χ1) is 16.1. The Bertz CT molecular complexity index is 1060. The van der Waals surface area contributed by atoms with Gasteiger partial charge >= 0.3 is 0 Å². The van der Waals surface area contributed by atoms with E-state index in [9.17, 15) is 19.5 Å². The molecule has 9 nitrogen and oxygen atoms in total. The number of aliphatic hydroxyl groups excluding tert-OH is 1. The van der Waals surface area contributed by atoms with Crippen molar-refractivity contribution in [2.24, 2.45) is 0 Å². The maximum absolute atomic E-state index is 12.4. The molecule has 0 atom stereocenters. The molecule has 9 heteroatoms. The number of furan rings is 1. The lowest BCUT2D eigenvalue weighted by Crippen LogP contribution is -2.36. The summed E-state index contributed by atoms with van der Waals surface area (Å²) in [7, 11) is 0. The third kappa shape index (κ3) is 7.01. The van der Waals surface area contributed by atoms with Gasteiger partial charge in [0.15, 0.2) is 0 Å². The van der Waals surface area contributed by atoms with Gasteiger partial charge in [0.25, 0.3) is 10.9 Å². The zero-order valence-corrected chi connectivity index (χ0v) is 18.6. The van der Waals surface area contributed by atoms with Crippen molar-refractivity contribution in [2.45, 2.75) is 45.1 Å². The first-order valence-corrected chi connectivity index (χ1v) is 11.3. The summed E-state index contributed by atoms with van der Waals surface area (Å²) in [5, 5.41) is 15.2. The van der Waals surface area contributed by atoms with Crippen molar-refractivity contribution in [3.63, 3.8) is 0 Å². The lowest BCUT2D eigenvalue weighted by atomic mass is 10.1. The fourth-order valence-electron chi connectivity index (χ4n) is 3.57. The van der Waals surface area contributed by atoms with Gasteiger partial charge in [0, 0.05) is 37.6 Å². The zero-order chi connectivity index (χ0) is 23.5. The lowest BCUT2D eigenvalue weighted by molar-refractivity contribution is -0.132. The van der Waals surface area contributed by atoms with E-state index < -0.39 is 10.9 Å². The maximum Gasteiger partial charge on any atom is 0.253 e. The van der Waals surface area contributed by atoms with E-state index in [1.807, 2.05) is 6.07 Å². The van der Waals surface area contributed by atoms with Crippen LogP contribution in [0.2, 0.25) is 0 Å². The number of hydrogen-bond donors (Lipinski definition) is 3. The van der Waals surface area contributed by atoms with Crippen LogP contribution in [0.4, 0.5) is 17.1 Å². The minimum Gasteiger partial charge on any atom is -0.467 e. The summed E-state index contributed by atoms with van der Waals surface area (Å²) >= 11 is 0. The molecule has 0 aliphatic carbocycles. The summed E-state index contributed by atoms with van der Waals surface area (Å²) in [5.74, 6) is 0.710. The Hall–Kier alpha value is -3.46. The zero-order valence-electron chi connectivity index (χ0n) is 18.6. The van der Waals surface area contributed by atoms with Gasteiger partial charge in [0.05, 0.1) is 19.4 Å². The van der Waals surface area contributed by atoms with Crippen molar-refractivity contribution < 1.29 is 14.3 Å². The number of amides is 1. The maximum atomic E-state index is 12.4. The SMILES string of the molecule is O=C(CCCCCCCNc1c(Nc2ccncc2)c(=O)c1=O)N(CCO)Cc1ccco1. The van der Waals surface area contributed by atoms with E-state index in [1.54, 1.807) is 41.8 Å². The molecule has 0 aliphatic heterocycles. The Morgan fingerprint density at radius 1 is 1.00 bits per heavy atom. The molecule has 176 valence electrons. The molecule has 0 saturated carbocycles. The molecule has 3 rings (SSSR count). The van der Waals surface area contributed by atoms with Gasteiger partial charge in [-0.1, -0.05) is 19.3 Å². The van der Waals surface area contributed by atoms with Gasteiger partial charge in [-0.15, -0.1) is 0 Å². The van der Waals surface area contributed by atoms with E-state index in [-0.39, 0.29) is 12.5 Å². The van der Waals surface area contributed by atoms with E-state index in [1.165, 1.54) is 0 Å². The van der Waals surface area contributed by atoms with Crippen molar-refractivity contribution in [3.8, 4) is 0 Å². The van der Waals surface area contributed by atoms with Crippen molar-refractivity contribution in [1.29, 1.82) is 0 Å². The number of carbonyl (C=O) groups excluding carboxylic acids is 1. The molecule has 33 heavy (non-hydrogen) atoms. The van der Waals surface area contributed by atoms with Crippen LogP contribution >= 0.6 is 0 Å². The molecular weight excluding hydrogens is 424 g/mol. The Labute approximate surface area is 192 Å². The number of pyridine rings is 1. The van der Waals surface area contributed by atoms with Crippen LogP contribution in [0, 0.1) is 0 Å². The number of nitrogens with one attached hydrogen (secondary N) is 2. The van der Waals surface area contributed by atoms with Crippen molar-refractivity contribution in [2.75, 3.05) is 30.3 Å². The average Bonchev–Trinajstić information content (AvgIpc) is 3.35. The summed E-state index contributed by atoms with van der Waals surface area (Å²) in [6, 6.07) is 7.04. The number of unbranched alkanes of at least 4 members (excludes halogenated alkanes) is 4. The molecule has 1 aromatic carbocycles. The number of anilines is 3. The van der Waals surface area contributed by atoms with Crippen LogP contribution in [-0.2, 0) is 11.3 Å². The molecule has 2 heterocycles. The second kappa shape index (κ2) is 12.5. The third-order valence-electron chi connectivity index (χ3n) is 5.38. The van der Waals surface area contributed by atoms with Crippen LogP contribution in [0.15, 0.2) is 56.9 Å². The van der Waals surface area contributed by atoms with Crippen LogP contribution in [0.1, 0.15) is 44.3 Å². The Morgan fingerprint density at radius 2 is 1.73 bits per heavy atom. The fraction of sp³-hybridized carbons (Fsp3) is 0.417. The molecule has 0 unspecified atom stereocenters. The van der Waals surface area contributed by atoms with Crippen LogP contribution in [-0.4, -0.2) is 40.6 Å². The van der Waals surface area contributed by atoms with E-state index in [2.05, 4.69) is 15.6 Å². The molecule has 0 aliphatic rings. The van der Waals surface area contributed by atoms with E-state index in [0.29, 0.717) is 48.9 Å². The summed E-state index contributed by atoms with van der Waals surface area (Å²) in [5.41, 5.74) is 0.333. The number of nitrogens with zero attached hydrogens (tertiary/aromatic N) is 2. The standard InChI is InChI=1S/C24H30N4O5/c29-15-14-28(17-19-7-6-16-33-19)20(30)8-4-2-1-3-5-11-26-21-22(24(32)23(21)31)27-18-9-12-25-13-10-18/h6-7,9-10,12-13,16,26,29H,1-5,8,11,14-15,17H2,(H,25,27). The van der Waals surface area contributed by atoms with Crippen molar-refractivity contribution in [1.82, 2.24) is 9.88 Å². The number of aromatic nitrogens is 1. The van der Waals surface area contributed by atoms with Gasteiger partial charge in [0.2, 0.25) is 5.91 Å². The van der Waals surface area contributed by atoms with Gasteiger partial charge in [-0.2, -0.15) is 0 Å². The van der Waals surface area contributed by atoms with Crippen LogP contribution in [0.5, 0.6) is 0 Å². The molecule has 0 radical (unpaired) electrons. The second-order valence-corrected chi connectivity index (χ2v) is 7.83. The van der Waals surface area contributed by atoms with E-state index in [0.717, 1.165) is 32.1 Å². The minimum atomic E-state index is -0.513.